The SMILES string of the molecule is Nc1cccc2c1-c1ccc(-c3ccccc3)cc1C21CCCC1. The number of benzene rings is 3. The summed E-state index contributed by atoms with van der Waals surface area (Å²) in [5.41, 5.74) is 15.7. The first-order chi connectivity index (χ1) is 11.8. The van der Waals surface area contributed by atoms with Gasteiger partial charge in [0.05, 0.1) is 0 Å². The molecule has 2 aliphatic carbocycles. The molecule has 0 heterocycles. The Labute approximate surface area is 143 Å². The molecule has 0 radical (unpaired) electrons. The van der Waals surface area contributed by atoms with Crippen LogP contribution in [0.3, 0.4) is 0 Å². The first-order valence-corrected chi connectivity index (χ1v) is 8.89. The van der Waals surface area contributed by atoms with E-state index in [-0.39, 0.29) is 5.41 Å². The Morgan fingerprint density at radius 3 is 2.29 bits per heavy atom. The number of fused-ring (bicyclic) bond motifs is 5. The van der Waals surface area contributed by atoms with Crippen molar-refractivity contribution in [3.05, 3.63) is 77.9 Å². The van der Waals surface area contributed by atoms with Gasteiger partial charge < -0.3 is 5.73 Å². The van der Waals surface area contributed by atoms with Crippen LogP contribution in [0.2, 0.25) is 0 Å². The molecule has 5 rings (SSSR count). The smallest absolute Gasteiger partial charge is 0.0396 e. The van der Waals surface area contributed by atoms with Crippen molar-refractivity contribution in [3.8, 4) is 22.3 Å². The van der Waals surface area contributed by atoms with Crippen LogP contribution < -0.4 is 5.73 Å². The Hall–Kier alpha value is -2.54. The van der Waals surface area contributed by atoms with E-state index in [9.17, 15) is 0 Å². The molecule has 0 saturated heterocycles. The zero-order valence-electron chi connectivity index (χ0n) is 13.8. The third-order valence-electron chi connectivity index (χ3n) is 5.98. The zero-order chi connectivity index (χ0) is 16.1. The number of nitrogens with two attached hydrogens (primary N) is 1. The minimum Gasteiger partial charge on any atom is -0.398 e. The molecule has 0 atom stereocenters. The monoisotopic (exact) mass is 311 g/mol. The lowest BCUT2D eigenvalue weighted by Crippen LogP contribution is -2.20. The van der Waals surface area contributed by atoms with Crippen molar-refractivity contribution in [2.75, 3.05) is 5.73 Å². The Morgan fingerprint density at radius 2 is 1.50 bits per heavy atom. The van der Waals surface area contributed by atoms with Gasteiger partial charge in [0, 0.05) is 16.7 Å². The number of anilines is 1. The molecule has 0 aromatic heterocycles. The van der Waals surface area contributed by atoms with E-state index in [1.165, 1.54) is 59.1 Å². The number of nitrogen functional groups attached to an aromatic ring is 1. The van der Waals surface area contributed by atoms with Gasteiger partial charge in [-0.3, -0.25) is 0 Å². The first-order valence-electron chi connectivity index (χ1n) is 8.89. The number of hydrogen-bond donors (Lipinski definition) is 1. The maximum atomic E-state index is 6.39. The summed E-state index contributed by atoms with van der Waals surface area (Å²) in [7, 11) is 0. The highest BCUT2D eigenvalue weighted by Gasteiger charge is 2.45. The summed E-state index contributed by atoms with van der Waals surface area (Å²) in [5.74, 6) is 0. The first kappa shape index (κ1) is 13.9. The second kappa shape index (κ2) is 4.98. The lowest BCUT2D eigenvalue weighted by molar-refractivity contribution is 0.550. The number of rotatable bonds is 1. The average Bonchev–Trinajstić information content (AvgIpc) is 3.22. The molecule has 1 heteroatoms. The fraction of sp³-hybridized carbons (Fsp3) is 0.217. The Morgan fingerprint density at radius 1 is 0.708 bits per heavy atom. The molecule has 3 aromatic carbocycles. The van der Waals surface area contributed by atoms with Crippen molar-refractivity contribution in [2.45, 2.75) is 31.1 Å². The number of hydrogen-bond acceptors (Lipinski definition) is 1. The van der Waals surface area contributed by atoms with E-state index in [2.05, 4.69) is 60.7 Å². The van der Waals surface area contributed by atoms with Gasteiger partial charge in [-0.1, -0.05) is 67.4 Å². The Kier molecular flexibility index (Phi) is 2.87. The van der Waals surface area contributed by atoms with Gasteiger partial charge in [0.2, 0.25) is 0 Å². The van der Waals surface area contributed by atoms with Gasteiger partial charge >= 0.3 is 0 Å². The molecule has 2 N–H and O–H groups in total. The molecule has 0 bridgehead atoms. The third-order valence-corrected chi connectivity index (χ3v) is 5.98. The van der Waals surface area contributed by atoms with Gasteiger partial charge in [0.25, 0.3) is 0 Å². The van der Waals surface area contributed by atoms with Crippen molar-refractivity contribution < 1.29 is 0 Å². The summed E-state index contributed by atoms with van der Waals surface area (Å²) in [4.78, 5) is 0. The molecule has 3 aromatic rings. The summed E-state index contributed by atoms with van der Waals surface area (Å²) >= 11 is 0. The highest BCUT2D eigenvalue weighted by atomic mass is 14.6. The lowest BCUT2D eigenvalue weighted by atomic mass is 9.76. The van der Waals surface area contributed by atoms with Crippen LogP contribution in [-0.2, 0) is 5.41 Å². The maximum absolute atomic E-state index is 6.39. The summed E-state index contributed by atoms with van der Waals surface area (Å²) in [6, 6.07) is 24.1. The van der Waals surface area contributed by atoms with E-state index in [0.29, 0.717) is 0 Å². The highest BCUT2D eigenvalue weighted by molar-refractivity contribution is 5.90. The normalized spacial score (nSPS) is 17.0. The van der Waals surface area contributed by atoms with Crippen molar-refractivity contribution in [3.63, 3.8) is 0 Å². The fourth-order valence-corrected chi connectivity index (χ4v) is 4.90. The Balaban J connectivity index is 1.78. The molecule has 1 saturated carbocycles. The fourth-order valence-electron chi connectivity index (χ4n) is 4.90. The van der Waals surface area contributed by atoms with E-state index in [1.807, 2.05) is 6.07 Å². The lowest BCUT2D eigenvalue weighted by Gasteiger charge is -2.27. The second-order valence-electron chi connectivity index (χ2n) is 7.19. The van der Waals surface area contributed by atoms with Gasteiger partial charge in [0.1, 0.15) is 0 Å². The molecule has 0 unspecified atom stereocenters. The summed E-state index contributed by atoms with van der Waals surface area (Å²) in [6.07, 6.45) is 5.11. The summed E-state index contributed by atoms with van der Waals surface area (Å²) in [6.45, 7) is 0. The molecule has 0 aliphatic heterocycles. The van der Waals surface area contributed by atoms with Crippen LogP contribution in [0.5, 0.6) is 0 Å². The topological polar surface area (TPSA) is 26.0 Å². The summed E-state index contributed by atoms with van der Waals surface area (Å²) in [5, 5.41) is 0. The minimum atomic E-state index is 0.185. The van der Waals surface area contributed by atoms with Crippen molar-refractivity contribution in [1.82, 2.24) is 0 Å². The molecule has 118 valence electrons. The third kappa shape index (κ3) is 1.76. The van der Waals surface area contributed by atoms with Crippen molar-refractivity contribution >= 4 is 5.69 Å². The van der Waals surface area contributed by atoms with Gasteiger partial charge in [-0.25, -0.2) is 0 Å². The molecular weight excluding hydrogens is 290 g/mol. The highest BCUT2D eigenvalue weighted by Crippen LogP contribution is 2.58. The van der Waals surface area contributed by atoms with Gasteiger partial charge in [-0.15, -0.1) is 0 Å². The largest absolute Gasteiger partial charge is 0.398 e. The molecular formula is C23H21N. The van der Waals surface area contributed by atoms with E-state index in [0.717, 1.165) is 5.69 Å². The molecule has 0 amide bonds. The van der Waals surface area contributed by atoms with Crippen LogP contribution in [0.4, 0.5) is 5.69 Å². The van der Waals surface area contributed by atoms with E-state index >= 15 is 0 Å². The molecule has 1 spiro atoms. The minimum absolute atomic E-state index is 0.185. The zero-order valence-corrected chi connectivity index (χ0v) is 13.8. The predicted octanol–water partition coefficient (Wildman–Crippen LogP) is 5.78. The standard InChI is InChI=1S/C23H21N/c24-21-10-6-9-19-22(21)18-12-11-17(16-7-2-1-3-8-16)15-20(18)23(19)13-4-5-14-23/h1-3,6-12,15H,4-5,13-14,24H2. The quantitative estimate of drug-likeness (QED) is 0.567. The van der Waals surface area contributed by atoms with Gasteiger partial charge in [-0.05, 0) is 52.8 Å². The Bertz CT molecular complexity index is 918. The van der Waals surface area contributed by atoms with Crippen LogP contribution in [0.25, 0.3) is 22.3 Å². The van der Waals surface area contributed by atoms with Crippen LogP contribution >= 0.6 is 0 Å². The van der Waals surface area contributed by atoms with Crippen LogP contribution in [0, 0.1) is 0 Å². The van der Waals surface area contributed by atoms with E-state index in [4.69, 9.17) is 5.73 Å². The predicted molar refractivity (Wildman–Crippen MR) is 101 cm³/mol. The molecule has 2 aliphatic rings. The van der Waals surface area contributed by atoms with Crippen molar-refractivity contribution in [1.29, 1.82) is 0 Å². The average molecular weight is 311 g/mol. The molecule has 1 fully saturated rings. The van der Waals surface area contributed by atoms with Gasteiger partial charge in [-0.2, -0.15) is 0 Å². The maximum Gasteiger partial charge on any atom is 0.0396 e. The van der Waals surface area contributed by atoms with E-state index < -0.39 is 0 Å². The molecule has 24 heavy (non-hydrogen) atoms. The second-order valence-corrected chi connectivity index (χ2v) is 7.19. The molecule has 1 nitrogen and oxygen atoms in total. The van der Waals surface area contributed by atoms with E-state index in [1.54, 1.807) is 0 Å². The van der Waals surface area contributed by atoms with Gasteiger partial charge in [0.15, 0.2) is 0 Å². The van der Waals surface area contributed by atoms with Crippen LogP contribution in [0.1, 0.15) is 36.8 Å². The van der Waals surface area contributed by atoms with Crippen LogP contribution in [-0.4, -0.2) is 0 Å². The summed E-state index contributed by atoms with van der Waals surface area (Å²) < 4.78 is 0. The van der Waals surface area contributed by atoms with Crippen molar-refractivity contribution in [2.24, 2.45) is 0 Å². The van der Waals surface area contributed by atoms with Crippen LogP contribution in [0.15, 0.2) is 66.7 Å².